The fourth-order valence-corrected chi connectivity index (χ4v) is 2.86. The number of carbonyl (C=O) groups excluding carboxylic acids is 1. The summed E-state index contributed by atoms with van der Waals surface area (Å²) in [4.78, 5) is 14.3. The van der Waals surface area contributed by atoms with Gasteiger partial charge in [0.05, 0.1) is 33.0 Å². The molecule has 0 unspecified atom stereocenters. The largest absolute Gasteiger partial charge is 0.493 e. The predicted octanol–water partition coefficient (Wildman–Crippen LogP) is 1.43. The molecule has 0 aliphatic carbocycles. The number of morpholine rings is 1. The van der Waals surface area contributed by atoms with E-state index in [0.717, 1.165) is 18.7 Å². The summed E-state index contributed by atoms with van der Waals surface area (Å²) >= 11 is 0. The third kappa shape index (κ3) is 5.11. The van der Waals surface area contributed by atoms with E-state index in [2.05, 4.69) is 10.2 Å². The second-order valence-corrected chi connectivity index (χ2v) is 5.92. The molecule has 1 amide bonds. The van der Waals surface area contributed by atoms with E-state index >= 15 is 0 Å². The zero-order valence-corrected chi connectivity index (χ0v) is 14.3. The van der Waals surface area contributed by atoms with Crippen LogP contribution in [0.4, 0.5) is 0 Å². The molecule has 2 atom stereocenters. The second-order valence-electron chi connectivity index (χ2n) is 5.92. The molecule has 0 aromatic heterocycles. The molecule has 128 valence electrons. The molecule has 6 nitrogen and oxygen atoms in total. The van der Waals surface area contributed by atoms with Gasteiger partial charge in [0.2, 0.25) is 5.91 Å². The van der Waals surface area contributed by atoms with Crippen LogP contribution in [0.2, 0.25) is 0 Å². The van der Waals surface area contributed by atoms with Crippen molar-refractivity contribution in [2.45, 2.75) is 32.6 Å². The Bertz CT molecular complexity index is 525. The number of nitrogens with zero attached hydrogens (tertiary/aromatic N) is 1. The van der Waals surface area contributed by atoms with Gasteiger partial charge in [-0.1, -0.05) is 6.07 Å². The topological polar surface area (TPSA) is 60.0 Å². The minimum absolute atomic E-state index is 0.0149. The van der Waals surface area contributed by atoms with Crippen molar-refractivity contribution in [2.24, 2.45) is 0 Å². The molecule has 1 aromatic rings. The maximum Gasteiger partial charge on any atom is 0.234 e. The summed E-state index contributed by atoms with van der Waals surface area (Å²) in [5, 5.41) is 2.95. The maximum absolute atomic E-state index is 12.1. The van der Waals surface area contributed by atoms with Crippen LogP contribution in [0, 0.1) is 0 Å². The molecule has 1 aliphatic heterocycles. The molecule has 1 heterocycles. The van der Waals surface area contributed by atoms with Gasteiger partial charge in [0, 0.05) is 19.6 Å². The highest BCUT2D eigenvalue weighted by Gasteiger charge is 2.23. The Kier molecular flexibility index (Phi) is 6.24. The summed E-state index contributed by atoms with van der Waals surface area (Å²) in [6.07, 6.45) is 0.329. The number of methoxy groups -OCH3 is 2. The average molecular weight is 322 g/mol. The highest BCUT2D eigenvalue weighted by molar-refractivity contribution is 5.78. The molecular formula is C17H26N2O4. The lowest BCUT2D eigenvalue weighted by atomic mass is 10.2. The summed E-state index contributed by atoms with van der Waals surface area (Å²) in [5.41, 5.74) is 0.972. The van der Waals surface area contributed by atoms with Crippen LogP contribution >= 0.6 is 0 Å². The zero-order chi connectivity index (χ0) is 16.8. The Balaban J connectivity index is 1.84. The van der Waals surface area contributed by atoms with Gasteiger partial charge in [0.25, 0.3) is 0 Å². The summed E-state index contributed by atoms with van der Waals surface area (Å²) in [6, 6.07) is 5.63. The van der Waals surface area contributed by atoms with Gasteiger partial charge in [-0.15, -0.1) is 0 Å². The summed E-state index contributed by atoms with van der Waals surface area (Å²) < 4.78 is 16.2. The maximum atomic E-state index is 12.1. The molecule has 0 spiro atoms. The number of hydrogen-bond donors (Lipinski definition) is 1. The average Bonchev–Trinajstić information content (AvgIpc) is 2.51. The number of nitrogens with one attached hydrogen (secondary N) is 1. The number of amides is 1. The van der Waals surface area contributed by atoms with E-state index < -0.39 is 0 Å². The Hall–Kier alpha value is -1.79. The summed E-state index contributed by atoms with van der Waals surface area (Å²) in [6.45, 7) is 6.50. The number of carbonyl (C=O) groups is 1. The zero-order valence-electron chi connectivity index (χ0n) is 14.3. The lowest BCUT2D eigenvalue weighted by Gasteiger charge is -2.34. The smallest absolute Gasteiger partial charge is 0.234 e. The number of rotatable bonds is 6. The van der Waals surface area contributed by atoms with E-state index in [-0.39, 0.29) is 18.1 Å². The molecule has 0 saturated carbocycles. The van der Waals surface area contributed by atoms with Gasteiger partial charge in [0.1, 0.15) is 0 Å². The Labute approximate surface area is 137 Å². The molecule has 1 aliphatic rings. The van der Waals surface area contributed by atoms with Crippen molar-refractivity contribution in [2.75, 3.05) is 33.9 Å². The molecule has 1 fully saturated rings. The van der Waals surface area contributed by atoms with Crippen molar-refractivity contribution >= 4 is 5.91 Å². The van der Waals surface area contributed by atoms with E-state index in [4.69, 9.17) is 14.2 Å². The van der Waals surface area contributed by atoms with Crippen molar-refractivity contribution in [3.63, 3.8) is 0 Å². The fourth-order valence-electron chi connectivity index (χ4n) is 2.86. The SMILES string of the molecule is COc1ccc(CNC(=O)CN2C[C@H](C)O[C@@H](C)C2)cc1OC. The molecule has 0 radical (unpaired) electrons. The minimum atomic E-state index is 0.0149. The normalized spacial score (nSPS) is 21.7. The summed E-state index contributed by atoms with van der Waals surface area (Å²) in [5.74, 6) is 1.36. The number of ether oxygens (including phenoxy) is 3. The van der Waals surface area contributed by atoms with Crippen LogP contribution in [0.5, 0.6) is 11.5 Å². The first kappa shape index (κ1) is 17.6. The quantitative estimate of drug-likeness (QED) is 0.858. The molecule has 23 heavy (non-hydrogen) atoms. The van der Waals surface area contributed by atoms with Gasteiger partial charge < -0.3 is 19.5 Å². The van der Waals surface area contributed by atoms with E-state index in [0.29, 0.717) is 24.6 Å². The first-order valence-corrected chi connectivity index (χ1v) is 7.87. The third-order valence-corrected chi connectivity index (χ3v) is 3.80. The highest BCUT2D eigenvalue weighted by atomic mass is 16.5. The van der Waals surface area contributed by atoms with Crippen molar-refractivity contribution in [1.29, 1.82) is 0 Å². The van der Waals surface area contributed by atoms with Crippen LogP contribution < -0.4 is 14.8 Å². The van der Waals surface area contributed by atoms with Gasteiger partial charge in [-0.2, -0.15) is 0 Å². The van der Waals surface area contributed by atoms with Gasteiger partial charge in [-0.05, 0) is 31.5 Å². The van der Waals surface area contributed by atoms with E-state index in [1.54, 1.807) is 14.2 Å². The molecular weight excluding hydrogens is 296 g/mol. The van der Waals surface area contributed by atoms with Crippen LogP contribution in [-0.2, 0) is 16.1 Å². The van der Waals surface area contributed by atoms with Gasteiger partial charge in [0.15, 0.2) is 11.5 Å². The summed E-state index contributed by atoms with van der Waals surface area (Å²) in [7, 11) is 3.20. The lowest BCUT2D eigenvalue weighted by molar-refractivity contribution is -0.126. The van der Waals surface area contributed by atoms with Crippen molar-refractivity contribution in [3.8, 4) is 11.5 Å². The predicted molar refractivity (Wildman–Crippen MR) is 87.8 cm³/mol. The van der Waals surface area contributed by atoms with Crippen molar-refractivity contribution in [3.05, 3.63) is 23.8 Å². The number of benzene rings is 1. The monoisotopic (exact) mass is 322 g/mol. The van der Waals surface area contributed by atoms with E-state index in [9.17, 15) is 4.79 Å². The standard InChI is InChI=1S/C17H26N2O4/c1-12-9-19(10-13(2)23-12)11-17(20)18-8-14-5-6-15(21-3)16(7-14)22-4/h5-7,12-13H,8-11H2,1-4H3,(H,18,20)/t12-,13-/m0/s1. The molecule has 1 N–H and O–H groups in total. The van der Waals surface area contributed by atoms with Crippen LogP contribution in [-0.4, -0.2) is 56.9 Å². The van der Waals surface area contributed by atoms with Gasteiger partial charge >= 0.3 is 0 Å². The van der Waals surface area contributed by atoms with Crippen LogP contribution in [0.3, 0.4) is 0 Å². The van der Waals surface area contributed by atoms with Crippen LogP contribution in [0.25, 0.3) is 0 Å². The van der Waals surface area contributed by atoms with Gasteiger partial charge in [-0.25, -0.2) is 0 Å². The van der Waals surface area contributed by atoms with E-state index in [1.165, 1.54) is 0 Å². The van der Waals surface area contributed by atoms with Gasteiger partial charge in [-0.3, -0.25) is 9.69 Å². The third-order valence-electron chi connectivity index (χ3n) is 3.80. The number of hydrogen-bond acceptors (Lipinski definition) is 5. The van der Waals surface area contributed by atoms with Crippen LogP contribution in [0.1, 0.15) is 19.4 Å². The first-order valence-electron chi connectivity index (χ1n) is 7.87. The Morgan fingerprint density at radius 3 is 2.48 bits per heavy atom. The molecule has 0 bridgehead atoms. The first-order chi connectivity index (χ1) is 11.0. The van der Waals surface area contributed by atoms with Crippen molar-refractivity contribution in [1.82, 2.24) is 10.2 Å². The minimum Gasteiger partial charge on any atom is -0.493 e. The molecule has 1 saturated heterocycles. The second kappa shape index (κ2) is 8.17. The van der Waals surface area contributed by atoms with Crippen molar-refractivity contribution < 1.29 is 19.0 Å². The fraction of sp³-hybridized carbons (Fsp3) is 0.588. The molecule has 2 rings (SSSR count). The molecule has 1 aromatic carbocycles. The Morgan fingerprint density at radius 2 is 1.87 bits per heavy atom. The molecule has 6 heteroatoms. The van der Waals surface area contributed by atoms with Crippen LogP contribution in [0.15, 0.2) is 18.2 Å². The lowest BCUT2D eigenvalue weighted by Crippen LogP contribution is -2.49. The highest BCUT2D eigenvalue weighted by Crippen LogP contribution is 2.27. The Morgan fingerprint density at radius 1 is 1.22 bits per heavy atom. The van der Waals surface area contributed by atoms with E-state index in [1.807, 2.05) is 32.0 Å².